The van der Waals surface area contributed by atoms with Crippen molar-refractivity contribution in [3.63, 3.8) is 0 Å². The van der Waals surface area contributed by atoms with Crippen LogP contribution in [-0.4, -0.2) is 32.1 Å². The normalized spacial score (nSPS) is 19.2. The Hall–Kier alpha value is -2.24. The fraction of sp³-hybridized carbons (Fsp3) is 0.500. The lowest BCUT2D eigenvalue weighted by molar-refractivity contribution is -0.122. The van der Waals surface area contributed by atoms with Crippen molar-refractivity contribution in [3.8, 4) is 5.75 Å². The van der Waals surface area contributed by atoms with Crippen LogP contribution in [0.4, 0.5) is 4.79 Å². The Bertz CT molecular complexity index is 533. The molecule has 0 aliphatic heterocycles. The van der Waals surface area contributed by atoms with Gasteiger partial charge in [0.05, 0.1) is 0 Å². The molecule has 0 radical (unpaired) electrons. The van der Waals surface area contributed by atoms with Crippen LogP contribution in [0.25, 0.3) is 0 Å². The zero-order chi connectivity index (χ0) is 15.9. The van der Waals surface area contributed by atoms with Crippen LogP contribution < -0.4 is 20.7 Å². The summed E-state index contributed by atoms with van der Waals surface area (Å²) < 4.78 is 5.36. The number of ether oxygens (including phenoxy) is 1. The van der Waals surface area contributed by atoms with Gasteiger partial charge in [-0.05, 0) is 36.0 Å². The van der Waals surface area contributed by atoms with Gasteiger partial charge in [-0.3, -0.25) is 4.79 Å². The van der Waals surface area contributed by atoms with E-state index in [1.54, 1.807) is 13.1 Å². The van der Waals surface area contributed by atoms with Crippen molar-refractivity contribution in [2.24, 2.45) is 11.8 Å². The van der Waals surface area contributed by atoms with Gasteiger partial charge in [0.1, 0.15) is 5.75 Å². The molecule has 0 spiro atoms. The maximum absolute atomic E-state index is 11.7. The first-order valence-corrected chi connectivity index (χ1v) is 7.52. The van der Waals surface area contributed by atoms with Gasteiger partial charge >= 0.3 is 6.03 Å². The highest BCUT2D eigenvalue weighted by Gasteiger charge is 2.32. The van der Waals surface area contributed by atoms with Crippen molar-refractivity contribution in [1.29, 1.82) is 0 Å². The first-order chi connectivity index (χ1) is 10.6. The lowest BCUT2D eigenvalue weighted by Crippen LogP contribution is -2.36. The van der Waals surface area contributed by atoms with Gasteiger partial charge in [-0.15, -0.1) is 0 Å². The Balaban J connectivity index is 1.72. The number of urea groups is 1. The summed E-state index contributed by atoms with van der Waals surface area (Å²) in [5.74, 6) is 1.79. The minimum absolute atomic E-state index is 0.0204. The van der Waals surface area contributed by atoms with Crippen molar-refractivity contribution in [2.45, 2.75) is 19.9 Å². The molecule has 1 aliphatic carbocycles. The molecule has 0 heterocycles. The highest BCUT2D eigenvalue weighted by molar-refractivity contribution is 5.77. The molecule has 120 valence electrons. The van der Waals surface area contributed by atoms with E-state index in [-0.39, 0.29) is 18.5 Å². The minimum Gasteiger partial charge on any atom is -0.484 e. The molecule has 2 rings (SSSR count). The van der Waals surface area contributed by atoms with Gasteiger partial charge in [-0.25, -0.2) is 4.79 Å². The van der Waals surface area contributed by atoms with Crippen LogP contribution in [0.3, 0.4) is 0 Å². The molecule has 1 saturated carbocycles. The van der Waals surface area contributed by atoms with Gasteiger partial charge in [0.25, 0.3) is 5.91 Å². The Morgan fingerprint density at radius 3 is 2.77 bits per heavy atom. The lowest BCUT2D eigenvalue weighted by Gasteiger charge is -2.09. The van der Waals surface area contributed by atoms with Crippen LogP contribution in [0.15, 0.2) is 24.3 Å². The van der Waals surface area contributed by atoms with Crippen molar-refractivity contribution >= 4 is 11.9 Å². The maximum atomic E-state index is 11.7. The number of likely N-dealkylation sites (N-methyl/N-ethyl adjacent to an activating group) is 1. The standard InChI is InChI=1S/C16H23N3O3/c1-11-6-13(11)9-19-16(21)18-8-12-4-3-5-14(7-12)22-10-15(20)17-2/h3-5,7,11,13H,6,8-10H2,1-2H3,(H,17,20)(H2,18,19,21)/t11-,13+/m0/s1. The Morgan fingerprint density at radius 2 is 2.09 bits per heavy atom. The minimum atomic E-state index is -0.183. The van der Waals surface area contributed by atoms with E-state index in [1.165, 1.54) is 6.42 Å². The van der Waals surface area contributed by atoms with Crippen molar-refractivity contribution in [3.05, 3.63) is 29.8 Å². The monoisotopic (exact) mass is 305 g/mol. The third kappa shape index (κ3) is 5.27. The third-order valence-corrected chi connectivity index (χ3v) is 3.80. The molecule has 22 heavy (non-hydrogen) atoms. The molecule has 1 fully saturated rings. The number of carbonyl (C=O) groups is 2. The average molecular weight is 305 g/mol. The molecule has 3 amide bonds. The first kappa shape index (κ1) is 16.1. The Kier molecular flexibility index (Phi) is 5.63. The van der Waals surface area contributed by atoms with Crippen molar-refractivity contribution in [2.75, 3.05) is 20.2 Å². The molecule has 0 bridgehead atoms. The average Bonchev–Trinajstić information content (AvgIpc) is 3.24. The summed E-state index contributed by atoms with van der Waals surface area (Å²) in [6.07, 6.45) is 1.20. The van der Waals surface area contributed by atoms with E-state index < -0.39 is 0 Å². The van der Waals surface area contributed by atoms with E-state index >= 15 is 0 Å². The van der Waals surface area contributed by atoms with Gasteiger partial charge in [-0.1, -0.05) is 19.1 Å². The van der Waals surface area contributed by atoms with E-state index in [9.17, 15) is 9.59 Å². The second-order valence-corrected chi connectivity index (χ2v) is 5.65. The first-order valence-electron chi connectivity index (χ1n) is 7.52. The number of hydrogen-bond acceptors (Lipinski definition) is 3. The van der Waals surface area contributed by atoms with Crippen LogP contribution >= 0.6 is 0 Å². The molecule has 6 heteroatoms. The number of amides is 3. The zero-order valence-corrected chi connectivity index (χ0v) is 13.0. The molecule has 1 aromatic carbocycles. The molecule has 3 N–H and O–H groups in total. The Labute approximate surface area is 130 Å². The van der Waals surface area contributed by atoms with E-state index in [2.05, 4.69) is 22.9 Å². The molecular weight excluding hydrogens is 282 g/mol. The van der Waals surface area contributed by atoms with Gasteiger partial charge in [-0.2, -0.15) is 0 Å². The van der Waals surface area contributed by atoms with Crippen molar-refractivity contribution < 1.29 is 14.3 Å². The SMILES string of the molecule is CNC(=O)COc1cccc(CNC(=O)NC[C@H]2C[C@@H]2C)c1. The summed E-state index contributed by atoms with van der Waals surface area (Å²) in [6.45, 7) is 3.33. The second kappa shape index (κ2) is 7.68. The summed E-state index contributed by atoms with van der Waals surface area (Å²) in [6, 6.07) is 7.17. The molecule has 6 nitrogen and oxygen atoms in total. The molecule has 2 atom stereocenters. The highest BCUT2D eigenvalue weighted by Crippen LogP contribution is 2.36. The van der Waals surface area contributed by atoms with Gasteiger partial charge < -0.3 is 20.7 Å². The lowest BCUT2D eigenvalue weighted by atomic mass is 10.2. The quantitative estimate of drug-likeness (QED) is 0.709. The topological polar surface area (TPSA) is 79.5 Å². The van der Waals surface area contributed by atoms with Gasteiger partial charge in [0, 0.05) is 20.1 Å². The van der Waals surface area contributed by atoms with Gasteiger partial charge in [0.15, 0.2) is 6.61 Å². The fourth-order valence-electron chi connectivity index (χ4n) is 2.12. The van der Waals surface area contributed by atoms with Crippen LogP contribution in [-0.2, 0) is 11.3 Å². The third-order valence-electron chi connectivity index (χ3n) is 3.80. The molecule has 0 unspecified atom stereocenters. The van der Waals surface area contributed by atoms with Crippen LogP contribution in [0, 0.1) is 11.8 Å². The maximum Gasteiger partial charge on any atom is 0.315 e. The number of nitrogens with one attached hydrogen (secondary N) is 3. The van der Waals surface area contributed by atoms with Crippen LogP contribution in [0.2, 0.25) is 0 Å². The number of carbonyl (C=O) groups excluding carboxylic acids is 2. The predicted octanol–water partition coefficient (Wildman–Crippen LogP) is 1.27. The van der Waals surface area contributed by atoms with Gasteiger partial charge in [0.2, 0.25) is 0 Å². The van der Waals surface area contributed by atoms with Crippen LogP contribution in [0.5, 0.6) is 5.75 Å². The second-order valence-electron chi connectivity index (χ2n) is 5.65. The molecule has 0 saturated heterocycles. The van der Waals surface area contributed by atoms with E-state index in [0.717, 1.165) is 18.0 Å². The smallest absolute Gasteiger partial charge is 0.315 e. The van der Waals surface area contributed by atoms with E-state index in [1.807, 2.05) is 18.2 Å². The summed E-state index contributed by atoms with van der Waals surface area (Å²) in [5, 5.41) is 8.18. The molecule has 1 aromatic rings. The highest BCUT2D eigenvalue weighted by atomic mass is 16.5. The van der Waals surface area contributed by atoms with E-state index in [0.29, 0.717) is 18.2 Å². The Morgan fingerprint density at radius 1 is 1.32 bits per heavy atom. The number of rotatable bonds is 7. The van der Waals surface area contributed by atoms with Crippen molar-refractivity contribution in [1.82, 2.24) is 16.0 Å². The summed E-state index contributed by atoms with van der Waals surface area (Å²) >= 11 is 0. The predicted molar refractivity (Wildman–Crippen MR) is 83.5 cm³/mol. The zero-order valence-electron chi connectivity index (χ0n) is 13.0. The van der Waals surface area contributed by atoms with E-state index in [4.69, 9.17) is 4.74 Å². The summed E-state index contributed by atoms with van der Waals surface area (Å²) in [4.78, 5) is 22.8. The molecule has 1 aliphatic rings. The largest absolute Gasteiger partial charge is 0.484 e. The number of benzene rings is 1. The number of hydrogen-bond donors (Lipinski definition) is 3. The summed E-state index contributed by atoms with van der Waals surface area (Å²) in [5.41, 5.74) is 0.921. The fourth-order valence-corrected chi connectivity index (χ4v) is 2.12. The summed E-state index contributed by atoms with van der Waals surface area (Å²) in [7, 11) is 1.56. The van der Waals surface area contributed by atoms with Crippen LogP contribution in [0.1, 0.15) is 18.9 Å². The molecular formula is C16H23N3O3. The molecule has 0 aromatic heterocycles.